The largest absolute Gasteiger partial charge is 0.175 e. The smallest absolute Gasteiger partial charge is 0.00792 e. The lowest BCUT2D eigenvalue weighted by atomic mass is 9.61. The van der Waals surface area contributed by atoms with Crippen molar-refractivity contribution in [3.8, 4) is 0 Å². The highest BCUT2D eigenvalue weighted by molar-refractivity contribution is 8.00. The van der Waals surface area contributed by atoms with E-state index in [1.54, 1.807) is 0 Å². The van der Waals surface area contributed by atoms with E-state index >= 15 is 0 Å². The van der Waals surface area contributed by atoms with Gasteiger partial charge >= 0.3 is 0 Å². The minimum atomic E-state index is 0.540. The van der Waals surface area contributed by atoms with Gasteiger partial charge in [-0.25, -0.2) is 0 Å². The lowest BCUT2D eigenvalue weighted by molar-refractivity contribution is 0.0608. The highest BCUT2D eigenvalue weighted by Gasteiger charge is 2.40. The molecule has 0 N–H and O–H groups in total. The zero-order valence-corrected chi connectivity index (χ0v) is 20.2. The predicted molar refractivity (Wildman–Crippen MR) is 127 cm³/mol. The van der Waals surface area contributed by atoms with E-state index in [1.165, 1.54) is 62.9 Å². The third kappa shape index (κ3) is 7.38. The summed E-state index contributed by atoms with van der Waals surface area (Å²) in [5.41, 5.74) is 0.541. The quantitative estimate of drug-likeness (QED) is 0.397. The van der Waals surface area contributed by atoms with Gasteiger partial charge in [0, 0.05) is 32.5 Å². The molecule has 0 heterocycles. The SMILES string of the molecule is CC(S)CSC1CCC(C(C)(C)C2CCC(SCC(C)S)CC2)CC1. The zero-order chi connectivity index (χ0) is 18.4. The van der Waals surface area contributed by atoms with Crippen LogP contribution in [0.5, 0.6) is 0 Å². The second-order valence-corrected chi connectivity index (χ2v) is 13.6. The molecule has 148 valence electrons. The van der Waals surface area contributed by atoms with Gasteiger partial charge in [0.2, 0.25) is 0 Å². The summed E-state index contributed by atoms with van der Waals surface area (Å²) < 4.78 is 0. The van der Waals surface area contributed by atoms with Crippen molar-refractivity contribution in [1.29, 1.82) is 0 Å². The van der Waals surface area contributed by atoms with Crippen molar-refractivity contribution < 1.29 is 0 Å². The third-order valence-electron chi connectivity index (χ3n) is 6.60. The molecule has 2 fully saturated rings. The number of hydrogen-bond donors (Lipinski definition) is 2. The fourth-order valence-corrected chi connectivity index (χ4v) is 7.66. The van der Waals surface area contributed by atoms with Crippen LogP contribution in [0.15, 0.2) is 0 Å². The van der Waals surface area contributed by atoms with Crippen molar-refractivity contribution in [2.75, 3.05) is 11.5 Å². The van der Waals surface area contributed by atoms with Gasteiger partial charge in [0.1, 0.15) is 0 Å². The van der Waals surface area contributed by atoms with E-state index in [1.807, 2.05) is 0 Å². The lowest BCUT2D eigenvalue weighted by Crippen LogP contribution is -2.38. The van der Waals surface area contributed by atoms with E-state index in [9.17, 15) is 0 Å². The van der Waals surface area contributed by atoms with Gasteiger partial charge in [0.15, 0.2) is 0 Å². The number of hydrogen-bond acceptors (Lipinski definition) is 4. The summed E-state index contributed by atoms with van der Waals surface area (Å²) >= 11 is 13.4. The Hall–Kier alpha value is 1.40. The average molecular weight is 421 g/mol. The molecule has 25 heavy (non-hydrogen) atoms. The Morgan fingerprint density at radius 1 is 0.720 bits per heavy atom. The van der Waals surface area contributed by atoms with Gasteiger partial charge in [0.05, 0.1) is 0 Å². The molecule has 2 saturated carbocycles. The Balaban J connectivity index is 1.75. The van der Waals surface area contributed by atoms with E-state index in [0.29, 0.717) is 15.9 Å². The number of thioether (sulfide) groups is 2. The monoisotopic (exact) mass is 420 g/mol. The van der Waals surface area contributed by atoms with Crippen LogP contribution in [0.3, 0.4) is 0 Å². The van der Waals surface area contributed by atoms with Crippen molar-refractivity contribution in [3.05, 3.63) is 0 Å². The molecule has 0 nitrogen and oxygen atoms in total. The maximum Gasteiger partial charge on any atom is 0.00792 e. The van der Waals surface area contributed by atoms with Crippen LogP contribution in [0.1, 0.15) is 79.1 Å². The maximum atomic E-state index is 4.54. The molecule has 2 unspecified atom stereocenters. The normalized spacial score (nSPS) is 33.8. The first-order valence-corrected chi connectivity index (χ1v) is 13.5. The fourth-order valence-electron chi connectivity index (χ4n) is 4.83. The van der Waals surface area contributed by atoms with E-state index < -0.39 is 0 Å². The first-order valence-electron chi connectivity index (χ1n) is 10.4. The van der Waals surface area contributed by atoms with E-state index in [0.717, 1.165) is 22.3 Å². The van der Waals surface area contributed by atoms with Gasteiger partial charge < -0.3 is 0 Å². The van der Waals surface area contributed by atoms with Gasteiger partial charge in [-0.3, -0.25) is 0 Å². The molecule has 0 aliphatic heterocycles. The second kappa shape index (κ2) is 10.8. The highest BCUT2D eigenvalue weighted by Crippen LogP contribution is 2.50. The fraction of sp³-hybridized carbons (Fsp3) is 1.00. The van der Waals surface area contributed by atoms with Crippen molar-refractivity contribution in [3.63, 3.8) is 0 Å². The second-order valence-electron chi connectivity index (χ2n) is 9.13. The zero-order valence-electron chi connectivity index (χ0n) is 16.7. The first kappa shape index (κ1) is 22.7. The van der Waals surface area contributed by atoms with Crippen LogP contribution in [-0.4, -0.2) is 32.5 Å². The molecule has 2 rings (SSSR count). The molecule has 0 spiro atoms. The molecule has 2 atom stereocenters. The summed E-state index contributed by atoms with van der Waals surface area (Å²) in [4.78, 5) is 0. The standard InChI is InChI=1S/C21H40S4/c1-15(22)13-24-19-9-5-17(6-10-19)21(3,4)18-7-11-20(12-8-18)25-14-16(2)23/h15-20,22-23H,5-14H2,1-4H3. The molecule has 2 aliphatic carbocycles. The molecule has 0 aromatic heterocycles. The van der Waals surface area contributed by atoms with E-state index in [-0.39, 0.29) is 0 Å². The lowest BCUT2D eigenvalue weighted by Gasteiger charge is -2.46. The summed E-state index contributed by atoms with van der Waals surface area (Å²) in [6, 6.07) is 0. The Labute approximate surface area is 177 Å². The molecule has 0 radical (unpaired) electrons. The summed E-state index contributed by atoms with van der Waals surface area (Å²) in [7, 11) is 0. The summed E-state index contributed by atoms with van der Waals surface area (Å²) in [5.74, 6) is 4.33. The summed E-state index contributed by atoms with van der Waals surface area (Å²) in [5, 5.41) is 2.88. The molecule has 0 saturated heterocycles. The molecule has 0 aromatic carbocycles. The molecular formula is C21H40S4. The minimum Gasteiger partial charge on any atom is -0.175 e. The van der Waals surface area contributed by atoms with Crippen LogP contribution in [0.4, 0.5) is 0 Å². The van der Waals surface area contributed by atoms with Crippen molar-refractivity contribution >= 4 is 48.8 Å². The van der Waals surface area contributed by atoms with Gasteiger partial charge in [-0.15, -0.1) is 0 Å². The Kier molecular flexibility index (Phi) is 9.81. The predicted octanol–water partition coefficient (Wildman–Crippen LogP) is 7.23. The number of rotatable bonds is 8. The maximum absolute atomic E-state index is 4.54. The van der Waals surface area contributed by atoms with Gasteiger partial charge in [0.25, 0.3) is 0 Å². The van der Waals surface area contributed by atoms with Gasteiger partial charge in [-0.2, -0.15) is 48.8 Å². The Morgan fingerprint density at radius 3 is 1.32 bits per heavy atom. The van der Waals surface area contributed by atoms with Crippen molar-refractivity contribution in [2.24, 2.45) is 17.3 Å². The Bertz CT molecular complexity index is 330. The van der Waals surface area contributed by atoms with Crippen LogP contribution in [0.25, 0.3) is 0 Å². The van der Waals surface area contributed by atoms with Crippen molar-refractivity contribution in [1.82, 2.24) is 0 Å². The highest BCUT2D eigenvalue weighted by atomic mass is 32.2. The topological polar surface area (TPSA) is 0 Å². The summed E-state index contributed by atoms with van der Waals surface area (Å²) in [6.45, 7) is 9.62. The third-order valence-corrected chi connectivity index (χ3v) is 10.7. The van der Waals surface area contributed by atoms with Crippen LogP contribution >= 0.6 is 48.8 Å². The Morgan fingerprint density at radius 2 is 1.04 bits per heavy atom. The molecular weight excluding hydrogens is 380 g/mol. The van der Waals surface area contributed by atoms with Gasteiger partial charge in [-0.1, -0.05) is 27.7 Å². The summed E-state index contributed by atoms with van der Waals surface area (Å²) in [6.07, 6.45) is 11.6. The van der Waals surface area contributed by atoms with Crippen molar-refractivity contribution in [2.45, 2.75) is 100 Å². The van der Waals surface area contributed by atoms with E-state index in [2.05, 4.69) is 76.5 Å². The first-order chi connectivity index (χ1) is 11.8. The molecule has 4 heteroatoms. The van der Waals surface area contributed by atoms with Crippen LogP contribution in [0, 0.1) is 17.3 Å². The van der Waals surface area contributed by atoms with E-state index in [4.69, 9.17) is 0 Å². The molecule has 0 bridgehead atoms. The minimum absolute atomic E-state index is 0.540. The average Bonchev–Trinajstić information content (AvgIpc) is 2.59. The van der Waals surface area contributed by atoms with Crippen LogP contribution in [-0.2, 0) is 0 Å². The van der Waals surface area contributed by atoms with Crippen LogP contribution < -0.4 is 0 Å². The van der Waals surface area contributed by atoms with Crippen LogP contribution in [0.2, 0.25) is 0 Å². The molecule has 0 aromatic rings. The number of thiol groups is 2. The molecule has 2 aliphatic rings. The van der Waals surface area contributed by atoms with Gasteiger partial charge in [-0.05, 0) is 68.6 Å². The molecule has 0 amide bonds.